The van der Waals surface area contributed by atoms with Crippen molar-refractivity contribution in [2.24, 2.45) is 17.8 Å². The van der Waals surface area contributed by atoms with Crippen molar-refractivity contribution in [2.75, 3.05) is 0 Å². The molecule has 2 aliphatic carbocycles. The standard InChI is InChI=1S/C12H21I/c1-2-9-7-10-5-3-4-6-11(10)8-12(9)13/h9-12H,2-8H2,1H3/t9-,10?,11-,12?/m0/s1. The lowest BCUT2D eigenvalue weighted by atomic mass is 9.67. The summed E-state index contributed by atoms with van der Waals surface area (Å²) in [5, 5.41) is 0. The van der Waals surface area contributed by atoms with E-state index in [-0.39, 0.29) is 0 Å². The third-order valence-electron chi connectivity index (χ3n) is 4.24. The molecule has 0 heterocycles. The minimum Gasteiger partial charge on any atom is -0.0823 e. The summed E-state index contributed by atoms with van der Waals surface area (Å²) in [6.07, 6.45) is 10.6. The first kappa shape index (κ1) is 10.3. The molecule has 0 aromatic rings. The Labute approximate surface area is 96.0 Å². The number of halogens is 1. The highest BCUT2D eigenvalue weighted by atomic mass is 127. The van der Waals surface area contributed by atoms with Gasteiger partial charge in [0.2, 0.25) is 0 Å². The highest BCUT2D eigenvalue weighted by molar-refractivity contribution is 14.1. The van der Waals surface area contributed by atoms with Crippen molar-refractivity contribution in [2.45, 2.75) is 55.8 Å². The van der Waals surface area contributed by atoms with Crippen LogP contribution in [0.5, 0.6) is 0 Å². The highest BCUT2D eigenvalue weighted by Gasteiger charge is 2.35. The third-order valence-corrected chi connectivity index (χ3v) is 5.76. The van der Waals surface area contributed by atoms with Gasteiger partial charge in [-0.3, -0.25) is 0 Å². The molecule has 0 N–H and O–H groups in total. The number of hydrogen-bond acceptors (Lipinski definition) is 0. The smallest absolute Gasteiger partial charge is 0.0141 e. The SMILES string of the molecule is CC[C@H]1CC2CCCC[C@H]2CC1I. The van der Waals surface area contributed by atoms with Gasteiger partial charge in [-0.05, 0) is 30.6 Å². The first-order chi connectivity index (χ1) is 6.31. The molecule has 0 nitrogen and oxygen atoms in total. The normalized spacial score (nSPS) is 45.7. The lowest BCUT2D eigenvalue weighted by Gasteiger charge is -2.42. The van der Waals surface area contributed by atoms with Crippen LogP contribution in [0.1, 0.15) is 51.9 Å². The Morgan fingerprint density at radius 1 is 1.08 bits per heavy atom. The molecule has 2 saturated carbocycles. The zero-order chi connectivity index (χ0) is 9.26. The lowest BCUT2D eigenvalue weighted by molar-refractivity contribution is 0.137. The van der Waals surface area contributed by atoms with Crippen molar-refractivity contribution in [3.05, 3.63) is 0 Å². The van der Waals surface area contributed by atoms with Crippen molar-refractivity contribution < 1.29 is 0 Å². The molecule has 0 aromatic heterocycles. The second-order valence-corrected chi connectivity index (χ2v) is 6.56. The van der Waals surface area contributed by atoms with E-state index in [1.165, 1.54) is 25.7 Å². The Morgan fingerprint density at radius 3 is 2.31 bits per heavy atom. The largest absolute Gasteiger partial charge is 0.0823 e. The second kappa shape index (κ2) is 4.50. The van der Waals surface area contributed by atoms with Gasteiger partial charge in [0, 0.05) is 3.92 Å². The molecule has 0 saturated heterocycles. The van der Waals surface area contributed by atoms with Crippen molar-refractivity contribution >= 4 is 22.6 Å². The fourth-order valence-electron chi connectivity index (χ4n) is 3.35. The van der Waals surface area contributed by atoms with Crippen LogP contribution in [0.15, 0.2) is 0 Å². The number of hydrogen-bond donors (Lipinski definition) is 0. The molecular weight excluding hydrogens is 271 g/mol. The van der Waals surface area contributed by atoms with Gasteiger partial charge in [0.15, 0.2) is 0 Å². The first-order valence-electron chi connectivity index (χ1n) is 5.95. The Balaban J connectivity index is 1.97. The molecule has 13 heavy (non-hydrogen) atoms. The van der Waals surface area contributed by atoms with Gasteiger partial charge in [-0.1, -0.05) is 61.6 Å². The summed E-state index contributed by atoms with van der Waals surface area (Å²) in [5.74, 6) is 3.27. The Morgan fingerprint density at radius 2 is 1.69 bits per heavy atom. The Bertz CT molecular complexity index is 167. The fourth-order valence-corrected chi connectivity index (χ4v) is 4.80. The van der Waals surface area contributed by atoms with Crippen LogP contribution in [0.2, 0.25) is 0 Å². The summed E-state index contributed by atoms with van der Waals surface area (Å²) in [6, 6.07) is 0. The average molecular weight is 292 g/mol. The molecule has 0 radical (unpaired) electrons. The molecule has 4 atom stereocenters. The summed E-state index contributed by atoms with van der Waals surface area (Å²) in [4.78, 5) is 0. The molecule has 0 amide bonds. The van der Waals surface area contributed by atoms with E-state index >= 15 is 0 Å². The molecule has 0 spiro atoms. The quantitative estimate of drug-likeness (QED) is 0.496. The predicted octanol–water partition coefficient (Wildman–Crippen LogP) is 4.42. The van der Waals surface area contributed by atoms with E-state index in [4.69, 9.17) is 0 Å². The lowest BCUT2D eigenvalue weighted by Crippen LogP contribution is -2.33. The second-order valence-electron chi connectivity index (χ2n) is 4.96. The molecule has 2 rings (SSSR count). The predicted molar refractivity (Wildman–Crippen MR) is 66.3 cm³/mol. The van der Waals surface area contributed by atoms with E-state index in [0.29, 0.717) is 0 Å². The topological polar surface area (TPSA) is 0 Å². The molecule has 0 aromatic carbocycles. The molecule has 0 aliphatic heterocycles. The summed E-state index contributed by atoms with van der Waals surface area (Å²) >= 11 is 2.71. The van der Waals surface area contributed by atoms with Gasteiger partial charge in [0.25, 0.3) is 0 Å². The summed E-state index contributed by atoms with van der Waals surface area (Å²) in [6.45, 7) is 2.37. The average Bonchev–Trinajstić information content (AvgIpc) is 2.17. The number of fused-ring (bicyclic) bond motifs is 1. The monoisotopic (exact) mass is 292 g/mol. The van der Waals surface area contributed by atoms with Crippen molar-refractivity contribution in [1.82, 2.24) is 0 Å². The highest BCUT2D eigenvalue weighted by Crippen LogP contribution is 2.45. The molecule has 1 heteroatoms. The van der Waals surface area contributed by atoms with Crippen molar-refractivity contribution in [3.8, 4) is 0 Å². The molecular formula is C12H21I. The van der Waals surface area contributed by atoms with Crippen LogP contribution in [0, 0.1) is 17.8 Å². The van der Waals surface area contributed by atoms with Gasteiger partial charge < -0.3 is 0 Å². The van der Waals surface area contributed by atoms with Crippen LogP contribution >= 0.6 is 22.6 Å². The minimum atomic E-state index is 0.988. The van der Waals surface area contributed by atoms with Gasteiger partial charge in [-0.15, -0.1) is 0 Å². The zero-order valence-corrected chi connectivity index (χ0v) is 10.8. The van der Waals surface area contributed by atoms with Gasteiger partial charge in [0.1, 0.15) is 0 Å². The van der Waals surface area contributed by atoms with Crippen LogP contribution in [0.4, 0.5) is 0 Å². The molecule has 76 valence electrons. The summed E-state index contributed by atoms with van der Waals surface area (Å²) in [5.41, 5.74) is 0. The van der Waals surface area contributed by atoms with E-state index in [2.05, 4.69) is 29.5 Å². The Kier molecular flexibility index (Phi) is 3.55. The maximum absolute atomic E-state index is 2.71. The molecule has 2 fully saturated rings. The van der Waals surface area contributed by atoms with E-state index in [1.807, 2.05) is 0 Å². The zero-order valence-electron chi connectivity index (χ0n) is 8.64. The van der Waals surface area contributed by atoms with Crippen LogP contribution in [-0.2, 0) is 0 Å². The molecule has 2 aliphatic rings. The molecule has 2 unspecified atom stereocenters. The maximum atomic E-state index is 2.71. The van der Waals surface area contributed by atoms with Crippen LogP contribution in [0.25, 0.3) is 0 Å². The first-order valence-corrected chi connectivity index (χ1v) is 7.20. The van der Waals surface area contributed by atoms with Gasteiger partial charge in [-0.25, -0.2) is 0 Å². The van der Waals surface area contributed by atoms with Gasteiger partial charge in [-0.2, -0.15) is 0 Å². The van der Waals surface area contributed by atoms with E-state index in [1.54, 1.807) is 19.3 Å². The Hall–Kier alpha value is 0.730. The van der Waals surface area contributed by atoms with Crippen LogP contribution < -0.4 is 0 Å². The summed E-state index contributed by atoms with van der Waals surface area (Å²) in [7, 11) is 0. The van der Waals surface area contributed by atoms with Crippen LogP contribution in [-0.4, -0.2) is 3.92 Å². The van der Waals surface area contributed by atoms with Gasteiger partial charge in [0.05, 0.1) is 0 Å². The third kappa shape index (κ3) is 2.21. The number of alkyl halides is 1. The number of rotatable bonds is 1. The molecule has 0 bridgehead atoms. The van der Waals surface area contributed by atoms with Crippen LogP contribution in [0.3, 0.4) is 0 Å². The minimum absolute atomic E-state index is 0.988. The van der Waals surface area contributed by atoms with E-state index in [9.17, 15) is 0 Å². The van der Waals surface area contributed by atoms with E-state index < -0.39 is 0 Å². The fraction of sp³-hybridized carbons (Fsp3) is 1.00. The maximum Gasteiger partial charge on any atom is 0.0141 e. The van der Waals surface area contributed by atoms with E-state index in [0.717, 1.165) is 21.7 Å². The van der Waals surface area contributed by atoms with Crippen molar-refractivity contribution in [3.63, 3.8) is 0 Å². The summed E-state index contributed by atoms with van der Waals surface area (Å²) < 4.78 is 0.988. The van der Waals surface area contributed by atoms with Crippen molar-refractivity contribution in [1.29, 1.82) is 0 Å². The van der Waals surface area contributed by atoms with Gasteiger partial charge >= 0.3 is 0 Å².